The van der Waals surface area contributed by atoms with Gasteiger partial charge in [0, 0.05) is 11.1 Å². The average molecular weight is 335 g/mol. The van der Waals surface area contributed by atoms with Crippen molar-refractivity contribution < 1.29 is 9.59 Å². The summed E-state index contributed by atoms with van der Waals surface area (Å²) in [5, 5.41) is 11.7. The van der Waals surface area contributed by atoms with Gasteiger partial charge < -0.3 is 16.4 Å². The molecule has 3 amide bonds. The minimum Gasteiger partial charge on any atom is -0.368 e. The van der Waals surface area contributed by atoms with E-state index in [9.17, 15) is 9.59 Å². The van der Waals surface area contributed by atoms with E-state index in [1.165, 1.54) is 10.9 Å². The van der Waals surface area contributed by atoms with Crippen LogP contribution in [0.1, 0.15) is 31.7 Å². The highest BCUT2D eigenvalue weighted by atomic mass is 32.1. The summed E-state index contributed by atoms with van der Waals surface area (Å²) in [4.78, 5) is 24.2. The molecule has 0 bridgehead atoms. The summed E-state index contributed by atoms with van der Waals surface area (Å²) in [7, 11) is 0. The number of rotatable bonds is 5. The minimum absolute atomic E-state index is 0.0247. The first kappa shape index (κ1) is 17.0. The van der Waals surface area contributed by atoms with Crippen LogP contribution in [-0.4, -0.2) is 21.7 Å². The third-order valence-corrected chi connectivity index (χ3v) is 4.12. The third kappa shape index (κ3) is 4.82. The van der Waals surface area contributed by atoms with Gasteiger partial charge >= 0.3 is 6.03 Å². The van der Waals surface area contributed by atoms with Crippen molar-refractivity contribution in [3.63, 3.8) is 0 Å². The molecule has 0 saturated heterocycles. The van der Waals surface area contributed by atoms with Gasteiger partial charge in [0.2, 0.25) is 5.91 Å². The van der Waals surface area contributed by atoms with Crippen LogP contribution in [0.25, 0.3) is 0 Å². The van der Waals surface area contributed by atoms with Gasteiger partial charge in [0.25, 0.3) is 0 Å². The lowest BCUT2D eigenvalue weighted by molar-refractivity contribution is -0.118. The summed E-state index contributed by atoms with van der Waals surface area (Å²) in [5.41, 5.74) is 5.48. The molecular weight excluding hydrogens is 314 g/mol. The summed E-state index contributed by atoms with van der Waals surface area (Å²) >= 11 is 1.61. The number of nitrogens with zero attached hydrogens (tertiary/aromatic N) is 2. The predicted octanol–water partition coefficient (Wildman–Crippen LogP) is 2.34. The first-order valence-electron chi connectivity index (χ1n) is 7.17. The Balaban J connectivity index is 2.02. The average Bonchev–Trinajstić information content (AvgIpc) is 3.06. The number of aromatic nitrogens is 2. The Labute approximate surface area is 138 Å². The maximum Gasteiger partial charge on any atom is 0.319 e. The largest absolute Gasteiger partial charge is 0.368 e. The molecule has 0 radical (unpaired) electrons. The van der Waals surface area contributed by atoms with Crippen LogP contribution in [0, 0.1) is 5.41 Å². The number of carbonyl (C=O) groups is 2. The van der Waals surface area contributed by atoms with Crippen molar-refractivity contribution in [1.82, 2.24) is 15.1 Å². The lowest BCUT2D eigenvalue weighted by atomic mass is 9.86. The fourth-order valence-electron chi connectivity index (χ4n) is 2.14. The Hall–Kier alpha value is -2.35. The predicted molar refractivity (Wildman–Crippen MR) is 90.1 cm³/mol. The second-order valence-electron chi connectivity index (χ2n) is 6.31. The van der Waals surface area contributed by atoms with Crippen molar-refractivity contribution in [2.45, 2.75) is 33.4 Å². The molecule has 2 aromatic rings. The lowest BCUT2D eigenvalue weighted by Crippen LogP contribution is -2.38. The highest BCUT2D eigenvalue weighted by molar-refractivity contribution is 7.10. The summed E-state index contributed by atoms with van der Waals surface area (Å²) in [6.07, 6.45) is 3.03. The Morgan fingerprint density at radius 2 is 2.17 bits per heavy atom. The third-order valence-electron chi connectivity index (χ3n) is 3.18. The van der Waals surface area contributed by atoms with E-state index in [2.05, 4.69) is 36.5 Å². The molecule has 0 aliphatic rings. The summed E-state index contributed by atoms with van der Waals surface area (Å²) in [6.45, 7) is 6.19. The summed E-state index contributed by atoms with van der Waals surface area (Å²) in [6, 6.07) is 3.54. The molecule has 124 valence electrons. The van der Waals surface area contributed by atoms with Crippen LogP contribution in [0.3, 0.4) is 0 Å². The van der Waals surface area contributed by atoms with E-state index in [1.807, 2.05) is 17.5 Å². The molecule has 0 fully saturated rings. The number of anilines is 1. The molecule has 1 unspecified atom stereocenters. The van der Waals surface area contributed by atoms with Crippen LogP contribution >= 0.6 is 11.3 Å². The van der Waals surface area contributed by atoms with Gasteiger partial charge in [-0.1, -0.05) is 26.8 Å². The number of amides is 3. The highest BCUT2D eigenvalue weighted by Gasteiger charge is 2.28. The van der Waals surface area contributed by atoms with E-state index >= 15 is 0 Å². The zero-order chi connectivity index (χ0) is 17.0. The van der Waals surface area contributed by atoms with E-state index in [-0.39, 0.29) is 24.0 Å². The number of nitrogens with one attached hydrogen (secondary N) is 2. The van der Waals surface area contributed by atoms with E-state index in [4.69, 9.17) is 5.73 Å². The highest BCUT2D eigenvalue weighted by Crippen LogP contribution is 2.35. The number of primary amides is 1. The zero-order valence-corrected chi connectivity index (χ0v) is 14.2. The standard InChI is InChI=1S/C15H21N5O2S/c1-15(2,3)13(11-5-4-6-23-11)19-14(22)18-10-7-17-20(8-10)9-12(16)21/h4-8,13H,9H2,1-3H3,(H2,16,21)(H2,18,19,22). The number of thiophene rings is 1. The van der Waals surface area contributed by atoms with Gasteiger partial charge in [0.05, 0.1) is 17.9 Å². The number of hydrogen-bond acceptors (Lipinski definition) is 4. The van der Waals surface area contributed by atoms with Crippen molar-refractivity contribution >= 4 is 29.0 Å². The van der Waals surface area contributed by atoms with Gasteiger partial charge in [0.1, 0.15) is 6.54 Å². The van der Waals surface area contributed by atoms with Gasteiger partial charge in [-0.15, -0.1) is 11.3 Å². The maximum atomic E-state index is 12.2. The fraction of sp³-hybridized carbons (Fsp3) is 0.400. The Morgan fingerprint density at radius 1 is 1.43 bits per heavy atom. The number of nitrogens with two attached hydrogens (primary N) is 1. The molecule has 0 aliphatic heterocycles. The molecule has 0 spiro atoms. The topological polar surface area (TPSA) is 102 Å². The monoisotopic (exact) mass is 335 g/mol. The summed E-state index contributed by atoms with van der Waals surface area (Å²) in [5.74, 6) is -0.491. The molecule has 7 nitrogen and oxygen atoms in total. The number of carbonyl (C=O) groups excluding carboxylic acids is 2. The van der Waals surface area contributed by atoms with Crippen LogP contribution in [-0.2, 0) is 11.3 Å². The molecule has 2 heterocycles. The van der Waals surface area contributed by atoms with Gasteiger partial charge in [-0.3, -0.25) is 9.48 Å². The zero-order valence-electron chi connectivity index (χ0n) is 13.4. The smallest absolute Gasteiger partial charge is 0.319 e. The number of urea groups is 1. The van der Waals surface area contributed by atoms with Crippen LogP contribution < -0.4 is 16.4 Å². The van der Waals surface area contributed by atoms with E-state index < -0.39 is 5.91 Å². The summed E-state index contributed by atoms with van der Waals surface area (Å²) < 4.78 is 1.37. The van der Waals surface area contributed by atoms with Gasteiger partial charge in [-0.05, 0) is 16.9 Å². The van der Waals surface area contributed by atoms with Crippen molar-refractivity contribution in [2.24, 2.45) is 11.1 Å². The van der Waals surface area contributed by atoms with Crippen LogP contribution in [0.5, 0.6) is 0 Å². The van der Waals surface area contributed by atoms with Crippen molar-refractivity contribution in [3.8, 4) is 0 Å². The van der Waals surface area contributed by atoms with Gasteiger partial charge in [0.15, 0.2) is 0 Å². The van der Waals surface area contributed by atoms with Crippen LogP contribution in [0.4, 0.5) is 10.5 Å². The van der Waals surface area contributed by atoms with Gasteiger partial charge in [-0.25, -0.2) is 4.79 Å². The molecule has 0 saturated carbocycles. The second-order valence-corrected chi connectivity index (χ2v) is 7.29. The molecule has 23 heavy (non-hydrogen) atoms. The van der Waals surface area contributed by atoms with E-state index in [0.29, 0.717) is 5.69 Å². The Bertz CT molecular complexity index is 672. The number of hydrogen-bond donors (Lipinski definition) is 3. The molecule has 0 aliphatic carbocycles. The molecule has 4 N–H and O–H groups in total. The first-order chi connectivity index (χ1) is 10.8. The van der Waals surface area contributed by atoms with Gasteiger partial charge in [-0.2, -0.15) is 5.10 Å². The van der Waals surface area contributed by atoms with Crippen molar-refractivity contribution in [2.75, 3.05) is 5.32 Å². The van der Waals surface area contributed by atoms with E-state index in [1.54, 1.807) is 17.5 Å². The second kappa shape index (κ2) is 6.82. The normalized spacial score (nSPS) is 12.7. The quantitative estimate of drug-likeness (QED) is 0.781. The SMILES string of the molecule is CC(C)(C)C(NC(=O)Nc1cnn(CC(N)=O)c1)c1cccs1. The molecule has 2 rings (SSSR count). The lowest BCUT2D eigenvalue weighted by Gasteiger charge is -2.30. The van der Waals surface area contributed by atoms with Crippen molar-refractivity contribution in [1.29, 1.82) is 0 Å². The van der Waals surface area contributed by atoms with Crippen LogP contribution in [0.15, 0.2) is 29.9 Å². The fourth-order valence-corrected chi connectivity index (χ4v) is 3.16. The first-order valence-corrected chi connectivity index (χ1v) is 8.05. The molecule has 0 aromatic carbocycles. The molecule has 8 heteroatoms. The van der Waals surface area contributed by atoms with Crippen molar-refractivity contribution in [3.05, 3.63) is 34.8 Å². The molecule has 1 atom stereocenters. The Morgan fingerprint density at radius 3 is 2.74 bits per heavy atom. The molecular formula is C15H21N5O2S. The maximum absolute atomic E-state index is 12.2. The van der Waals surface area contributed by atoms with Crippen LogP contribution in [0.2, 0.25) is 0 Å². The molecule has 2 aromatic heterocycles. The Kier molecular flexibility index (Phi) is 5.05. The minimum atomic E-state index is -0.491. The van der Waals surface area contributed by atoms with E-state index in [0.717, 1.165) is 4.88 Å².